The van der Waals surface area contributed by atoms with Gasteiger partial charge in [-0.15, -0.1) is 0 Å². The Labute approximate surface area is 240 Å². The predicted octanol–water partition coefficient (Wildman–Crippen LogP) is 6.77. The Morgan fingerprint density at radius 1 is 0.925 bits per heavy atom. The van der Waals surface area contributed by atoms with Crippen molar-refractivity contribution in [3.63, 3.8) is 0 Å². The van der Waals surface area contributed by atoms with Gasteiger partial charge in [0.25, 0.3) is 0 Å². The summed E-state index contributed by atoms with van der Waals surface area (Å²) in [5.74, 6) is 0.0277. The van der Waals surface area contributed by atoms with Crippen LogP contribution in [0.1, 0.15) is 43.0 Å². The normalized spacial score (nSPS) is 19.4. The third-order valence-electron chi connectivity index (χ3n) is 8.70. The minimum atomic E-state index is -0.201. The molecule has 0 saturated carbocycles. The van der Waals surface area contributed by atoms with Crippen molar-refractivity contribution in [2.75, 3.05) is 39.8 Å². The average molecular weight is 559 g/mol. The Balaban J connectivity index is 1.40. The SMILES string of the molecule is CC(=O)N1CCN(C)CC1n1c(-c2ccccc2)c(CN2CCC(c3c(F)cccc3Cl)CC2)c2ccccc21. The molecule has 1 amide bonds. The molecule has 3 aromatic carbocycles. The molecule has 4 aromatic rings. The number of carbonyl (C=O) groups excluding carboxylic acids is 1. The maximum Gasteiger partial charge on any atom is 0.221 e. The zero-order valence-corrected chi connectivity index (χ0v) is 23.9. The van der Waals surface area contributed by atoms with Gasteiger partial charge in [-0.1, -0.05) is 66.2 Å². The predicted molar refractivity (Wildman–Crippen MR) is 160 cm³/mol. The first kappa shape index (κ1) is 27.0. The number of piperidine rings is 1. The molecule has 1 unspecified atom stereocenters. The van der Waals surface area contributed by atoms with Crippen LogP contribution in [0.5, 0.6) is 0 Å². The van der Waals surface area contributed by atoms with Crippen molar-refractivity contribution in [3.8, 4) is 11.3 Å². The molecule has 208 valence electrons. The molecule has 2 aliphatic heterocycles. The smallest absolute Gasteiger partial charge is 0.221 e. The van der Waals surface area contributed by atoms with Crippen LogP contribution in [-0.2, 0) is 11.3 Å². The Morgan fingerprint density at radius 3 is 2.38 bits per heavy atom. The maximum atomic E-state index is 14.7. The molecule has 0 bridgehead atoms. The lowest BCUT2D eigenvalue weighted by molar-refractivity contribution is -0.135. The summed E-state index contributed by atoms with van der Waals surface area (Å²) in [4.78, 5) is 19.7. The van der Waals surface area contributed by atoms with E-state index in [4.69, 9.17) is 11.6 Å². The number of hydrogen-bond donors (Lipinski definition) is 0. The molecular weight excluding hydrogens is 523 g/mol. The fourth-order valence-electron chi connectivity index (χ4n) is 6.70. The van der Waals surface area contributed by atoms with Gasteiger partial charge in [0, 0.05) is 49.1 Å². The van der Waals surface area contributed by atoms with Crippen molar-refractivity contribution in [1.82, 2.24) is 19.3 Å². The number of aromatic nitrogens is 1. The number of likely N-dealkylation sites (tertiary alicyclic amines) is 1. The highest BCUT2D eigenvalue weighted by Crippen LogP contribution is 2.40. The number of fused-ring (bicyclic) bond motifs is 1. The summed E-state index contributed by atoms with van der Waals surface area (Å²) in [6, 6.07) is 24.1. The Kier molecular flexibility index (Phi) is 7.67. The highest BCUT2D eigenvalue weighted by Gasteiger charge is 2.33. The van der Waals surface area contributed by atoms with Gasteiger partial charge < -0.3 is 14.4 Å². The Hall–Kier alpha value is -3.19. The highest BCUT2D eigenvalue weighted by atomic mass is 35.5. The summed E-state index contributed by atoms with van der Waals surface area (Å²) in [6.07, 6.45) is 1.64. The van der Waals surface area contributed by atoms with Crippen LogP contribution < -0.4 is 0 Å². The van der Waals surface area contributed by atoms with E-state index < -0.39 is 0 Å². The molecular formula is C33H36ClFN4O. The van der Waals surface area contributed by atoms with Crippen LogP contribution in [0.15, 0.2) is 72.8 Å². The lowest BCUT2D eigenvalue weighted by Gasteiger charge is -2.41. The number of hydrogen-bond acceptors (Lipinski definition) is 3. The van der Waals surface area contributed by atoms with Crippen LogP contribution in [0, 0.1) is 5.82 Å². The van der Waals surface area contributed by atoms with E-state index >= 15 is 0 Å². The largest absolute Gasteiger partial charge is 0.320 e. The van der Waals surface area contributed by atoms with E-state index in [0.29, 0.717) is 17.1 Å². The minimum absolute atomic E-state index is 0.0981. The van der Waals surface area contributed by atoms with Gasteiger partial charge in [-0.25, -0.2) is 4.39 Å². The molecule has 0 N–H and O–H groups in total. The van der Waals surface area contributed by atoms with Gasteiger partial charge in [0.15, 0.2) is 0 Å². The van der Waals surface area contributed by atoms with Gasteiger partial charge in [0.2, 0.25) is 5.91 Å². The first-order chi connectivity index (χ1) is 19.4. The lowest BCUT2D eigenvalue weighted by Crippen LogP contribution is -2.50. The third-order valence-corrected chi connectivity index (χ3v) is 9.03. The van der Waals surface area contributed by atoms with Crippen LogP contribution >= 0.6 is 11.6 Å². The average Bonchev–Trinajstić information content (AvgIpc) is 3.28. The van der Waals surface area contributed by atoms with Gasteiger partial charge >= 0.3 is 0 Å². The fraction of sp³-hybridized carbons (Fsp3) is 0.364. The summed E-state index contributed by atoms with van der Waals surface area (Å²) >= 11 is 6.42. The molecule has 0 radical (unpaired) electrons. The number of amides is 1. The summed E-state index contributed by atoms with van der Waals surface area (Å²) in [5.41, 5.74) is 5.42. The number of halogens is 2. The monoisotopic (exact) mass is 558 g/mol. The van der Waals surface area contributed by atoms with E-state index in [0.717, 1.165) is 56.6 Å². The molecule has 40 heavy (non-hydrogen) atoms. The van der Waals surface area contributed by atoms with E-state index in [1.807, 2.05) is 11.0 Å². The molecule has 2 fully saturated rings. The minimum Gasteiger partial charge on any atom is -0.320 e. The van der Waals surface area contributed by atoms with E-state index in [1.165, 1.54) is 22.7 Å². The number of nitrogens with zero attached hydrogens (tertiary/aromatic N) is 4. The zero-order valence-electron chi connectivity index (χ0n) is 23.2. The zero-order chi connectivity index (χ0) is 27.8. The van der Waals surface area contributed by atoms with Crippen molar-refractivity contribution in [2.45, 2.75) is 38.4 Å². The van der Waals surface area contributed by atoms with Crippen LogP contribution in [0.25, 0.3) is 22.2 Å². The summed E-state index contributed by atoms with van der Waals surface area (Å²) in [6.45, 7) is 6.55. The Bertz CT molecular complexity index is 1490. The number of likely N-dealkylation sites (N-methyl/N-ethyl adjacent to an activating group) is 1. The molecule has 5 nitrogen and oxygen atoms in total. The third kappa shape index (κ3) is 5.05. The topological polar surface area (TPSA) is 31.7 Å². The molecule has 2 saturated heterocycles. The molecule has 1 atom stereocenters. The number of rotatable bonds is 5. The quantitative estimate of drug-likeness (QED) is 0.271. The highest BCUT2D eigenvalue weighted by molar-refractivity contribution is 6.31. The first-order valence-corrected chi connectivity index (χ1v) is 14.6. The molecule has 7 heteroatoms. The van der Waals surface area contributed by atoms with Gasteiger partial charge in [0.05, 0.1) is 11.2 Å². The molecule has 0 spiro atoms. The van der Waals surface area contributed by atoms with Crippen LogP contribution in [-0.4, -0.2) is 64.9 Å². The standard InChI is InChI=1S/C33H36ClFN4O/c1-23(40)38-20-19-36(2)22-31(38)39-30-14-7-6-11-26(30)27(33(39)25-9-4-3-5-10-25)21-37-17-15-24(16-18-37)32-28(34)12-8-13-29(32)35/h3-14,24,31H,15-22H2,1-2H3. The van der Waals surface area contributed by atoms with Crippen LogP contribution in [0.2, 0.25) is 5.02 Å². The Morgan fingerprint density at radius 2 is 1.65 bits per heavy atom. The molecule has 3 heterocycles. The number of carbonyl (C=O) groups is 1. The van der Waals surface area contributed by atoms with E-state index in [9.17, 15) is 9.18 Å². The summed E-state index contributed by atoms with van der Waals surface area (Å²) in [7, 11) is 2.13. The number of piperazine rings is 1. The van der Waals surface area contributed by atoms with Crippen LogP contribution in [0.3, 0.4) is 0 Å². The number of benzene rings is 3. The van der Waals surface area contributed by atoms with Gasteiger partial charge in [-0.05, 0) is 68.2 Å². The van der Waals surface area contributed by atoms with Gasteiger partial charge in [-0.3, -0.25) is 9.69 Å². The molecule has 1 aromatic heterocycles. The van der Waals surface area contributed by atoms with Crippen LogP contribution in [0.4, 0.5) is 4.39 Å². The van der Waals surface area contributed by atoms with Crippen molar-refractivity contribution in [1.29, 1.82) is 0 Å². The second kappa shape index (κ2) is 11.4. The second-order valence-corrected chi connectivity index (χ2v) is 11.6. The fourth-order valence-corrected chi connectivity index (χ4v) is 7.02. The van der Waals surface area contributed by atoms with Crippen molar-refractivity contribution < 1.29 is 9.18 Å². The van der Waals surface area contributed by atoms with Crippen molar-refractivity contribution in [3.05, 3.63) is 94.8 Å². The maximum absolute atomic E-state index is 14.7. The van der Waals surface area contributed by atoms with Crippen molar-refractivity contribution >= 4 is 28.4 Å². The first-order valence-electron chi connectivity index (χ1n) is 14.2. The van der Waals surface area contributed by atoms with E-state index in [1.54, 1.807) is 19.1 Å². The molecule has 2 aliphatic rings. The lowest BCUT2D eigenvalue weighted by atomic mass is 9.88. The van der Waals surface area contributed by atoms with E-state index in [-0.39, 0.29) is 23.8 Å². The number of para-hydroxylation sites is 1. The van der Waals surface area contributed by atoms with Gasteiger partial charge in [0.1, 0.15) is 12.0 Å². The molecule has 6 rings (SSSR count). The summed E-state index contributed by atoms with van der Waals surface area (Å²) in [5, 5.41) is 1.75. The van der Waals surface area contributed by atoms with Crippen molar-refractivity contribution in [2.24, 2.45) is 0 Å². The van der Waals surface area contributed by atoms with E-state index in [2.05, 4.69) is 69.9 Å². The molecule has 0 aliphatic carbocycles. The second-order valence-electron chi connectivity index (χ2n) is 11.2. The van der Waals surface area contributed by atoms with Gasteiger partial charge in [-0.2, -0.15) is 0 Å². The summed E-state index contributed by atoms with van der Waals surface area (Å²) < 4.78 is 17.1.